The van der Waals surface area contributed by atoms with Crippen molar-refractivity contribution < 1.29 is 0 Å². The number of hydrogen-bond acceptors (Lipinski definition) is 5. The van der Waals surface area contributed by atoms with Gasteiger partial charge in [0.2, 0.25) is 0 Å². The van der Waals surface area contributed by atoms with Crippen LogP contribution in [0.4, 0.5) is 11.6 Å². The van der Waals surface area contributed by atoms with Crippen LogP contribution >= 0.6 is 0 Å². The van der Waals surface area contributed by atoms with Crippen molar-refractivity contribution in [3.8, 4) is 0 Å². The van der Waals surface area contributed by atoms with E-state index in [1.165, 1.54) is 0 Å². The van der Waals surface area contributed by atoms with Crippen LogP contribution in [-0.4, -0.2) is 47.6 Å². The molecule has 1 aliphatic heterocycles. The van der Waals surface area contributed by atoms with E-state index in [2.05, 4.69) is 42.6 Å². The number of likely N-dealkylation sites (N-methyl/N-ethyl adjacent to an activating group) is 1. The topological polar surface area (TPSA) is 58.3 Å². The zero-order chi connectivity index (χ0) is 14.9. The van der Waals surface area contributed by atoms with Gasteiger partial charge in [-0.15, -0.1) is 0 Å². The monoisotopic (exact) mass is 277 g/mol. The third kappa shape index (κ3) is 2.87. The second kappa shape index (κ2) is 5.95. The first-order valence-electron chi connectivity index (χ1n) is 7.53. The molecule has 0 radical (unpaired) electrons. The van der Waals surface area contributed by atoms with E-state index < -0.39 is 0 Å². The molecule has 1 fully saturated rings. The van der Waals surface area contributed by atoms with Gasteiger partial charge in [-0.25, -0.2) is 9.97 Å². The van der Waals surface area contributed by atoms with Gasteiger partial charge in [0, 0.05) is 37.2 Å². The van der Waals surface area contributed by atoms with Gasteiger partial charge in [0.25, 0.3) is 0 Å². The Bertz CT molecular complexity index is 472. The van der Waals surface area contributed by atoms with Gasteiger partial charge in [-0.1, -0.05) is 20.8 Å². The summed E-state index contributed by atoms with van der Waals surface area (Å²) in [6.07, 6.45) is 1.16. The fourth-order valence-electron chi connectivity index (χ4n) is 2.68. The van der Waals surface area contributed by atoms with E-state index in [4.69, 9.17) is 10.7 Å². The molecule has 2 N–H and O–H groups in total. The highest BCUT2D eigenvalue weighted by atomic mass is 15.3. The van der Waals surface area contributed by atoms with Crippen LogP contribution < -0.4 is 10.6 Å². The fraction of sp³-hybridized carbons (Fsp3) is 0.733. The van der Waals surface area contributed by atoms with Crippen LogP contribution in [0, 0.1) is 6.92 Å². The Morgan fingerprint density at radius 1 is 1.30 bits per heavy atom. The van der Waals surface area contributed by atoms with Crippen LogP contribution in [0.25, 0.3) is 0 Å². The second-order valence-corrected chi connectivity index (χ2v) is 6.06. The average Bonchev–Trinajstić information content (AvgIpc) is 2.42. The van der Waals surface area contributed by atoms with Crippen LogP contribution in [-0.2, 0) is 0 Å². The molecule has 1 aromatic rings. The SMILES string of the molecule is CCC1CN(c2nc(C(C)C)nc(N)c2C)CCN1C. The Morgan fingerprint density at radius 3 is 2.60 bits per heavy atom. The van der Waals surface area contributed by atoms with Crippen LogP contribution in [0.3, 0.4) is 0 Å². The smallest absolute Gasteiger partial charge is 0.137 e. The molecule has 20 heavy (non-hydrogen) atoms. The molecule has 112 valence electrons. The molecule has 0 bridgehead atoms. The van der Waals surface area contributed by atoms with E-state index in [0.29, 0.717) is 17.8 Å². The number of aromatic nitrogens is 2. The zero-order valence-electron chi connectivity index (χ0n) is 13.3. The van der Waals surface area contributed by atoms with Gasteiger partial charge in [0.1, 0.15) is 17.5 Å². The van der Waals surface area contributed by atoms with Gasteiger partial charge in [0.15, 0.2) is 0 Å². The molecule has 0 aliphatic carbocycles. The predicted molar refractivity (Wildman–Crippen MR) is 84.2 cm³/mol. The Labute approximate surface area is 122 Å². The lowest BCUT2D eigenvalue weighted by molar-refractivity contribution is 0.212. The number of nitrogens with two attached hydrogens (primary N) is 1. The highest BCUT2D eigenvalue weighted by Gasteiger charge is 2.26. The third-order valence-corrected chi connectivity index (χ3v) is 4.24. The number of nitrogen functional groups attached to an aromatic ring is 1. The van der Waals surface area contributed by atoms with Crippen molar-refractivity contribution >= 4 is 11.6 Å². The molecule has 2 rings (SSSR count). The Kier molecular flexibility index (Phi) is 4.48. The van der Waals surface area contributed by atoms with E-state index in [1.807, 2.05) is 6.92 Å². The molecule has 1 aliphatic rings. The number of nitrogens with zero attached hydrogens (tertiary/aromatic N) is 4. The fourth-order valence-corrected chi connectivity index (χ4v) is 2.68. The molecule has 1 aromatic heterocycles. The van der Waals surface area contributed by atoms with Crippen molar-refractivity contribution in [3.05, 3.63) is 11.4 Å². The molecule has 2 heterocycles. The maximum absolute atomic E-state index is 6.07. The summed E-state index contributed by atoms with van der Waals surface area (Å²) in [6, 6.07) is 0.585. The van der Waals surface area contributed by atoms with Crippen molar-refractivity contribution in [2.24, 2.45) is 0 Å². The molecule has 1 atom stereocenters. The van der Waals surface area contributed by atoms with Crippen molar-refractivity contribution in [1.29, 1.82) is 0 Å². The standard InChI is InChI=1S/C15H27N5/c1-6-12-9-20(8-7-19(12)5)15-11(4)13(16)17-14(18-15)10(2)3/h10,12H,6-9H2,1-5H3,(H2,16,17,18). The van der Waals surface area contributed by atoms with Crippen LogP contribution in [0.2, 0.25) is 0 Å². The van der Waals surface area contributed by atoms with Crippen LogP contribution in [0.5, 0.6) is 0 Å². The first-order valence-corrected chi connectivity index (χ1v) is 7.53. The van der Waals surface area contributed by atoms with Gasteiger partial charge in [-0.3, -0.25) is 4.90 Å². The summed E-state index contributed by atoms with van der Waals surface area (Å²) in [5.74, 6) is 2.78. The molecule has 0 saturated carbocycles. The van der Waals surface area contributed by atoms with Gasteiger partial charge in [0.05, 0.1) is 0 Å². The highest BCUT2D eigenvalue weighted by molar-refractivity contribution is 5.57. The summed E-state index contributed by atoms with van der Waals surface area (Å²) in [7, 11) is 2.20. The molecular weight excluding hydrogens is 250 g/mol. The van der Waals surface area contributed by atoms with E-state index >= 15 is 0 Å². The maximum Gasteiger partial charge on any atom is 0.137 e. The lowest BCUT2D eigenvalue weighted by Crippen LogP contribution is -2.51. The molecule has 5 nitrogen and oxygen atoms in total. The molecule has 0 aromatic carbocycles. The average molecular weight is 277 g/mol. The zero-order valence-corrected chi connectivity index (χ0v) is 13.3. The second-order valence-electron chi connectivity index (χ2n) is 6.06. The summed E-state index contributed by atoms with van der Waals surface area (Å²) in [6.45, 7) is 11.6. The number of anilines is 2. The van der Waals surface area contributed by atoms with Gasteiger partial charge in [-0.2, -0.15) is 0 Å². The largest absolute Gasteiger partial charge is 0.383 e. The van der Waals surface area contributed by atoms with Crippen LogP contribution in [0.15, 0.2) is 0 Å². The lowest BCUT2D eigenvalue weighted by atomic mass is 10.1. The number of piperazine rings is 1. The summed E-state index contributed by atoms with van der Waals surface area (Å²) in [4.78, 5) is 14.0. The molecule has 5 heteroatoms. The number of hydrogen-bond donors (Lipinski definition) is 1. The first-order chi connectivity index (χ1) is 9.43. The highest BCUT2D eigenvalue weighted by Crippen LogP contribution is 2.26. The Hall–Kier alpha value is -1.36. The molecule has 0 spiro atoms. The first kappa shape index (κ1) is 15.0. The van der Waals surface area contributed by atoms with E-state index in [9.17, 15) is 0 Å². The lowest BCUT2D eigenvalue weighted by Gasteiger charge is -2.40. The minimum Gasteiger partial charge on any atom is -0.383 e. The summed E-state index contributed by atoms with van der Waals surface area (Å²) >= 11 is 0. The van der Waals surface area contributed by atoms with Gasteiger partial charge in [-0.05, 0) is 20.4 Å². The van der Waals surface area contributed by atoms with Crippen molar-refractivity contribution in [1.82, 2.24) is 14.9 Å². The summed E-state index contributed by atoms with van der Waals surface area (Å²) in [5.41, 5.74) is 7.08. The van der Waals surface area contributed by atoms with Crippen LogP contribution in [0.1, 0.15) is 44.5 Å². The molecule has 0 amide bonds. The minimum absolute atomic E-state index is 0.297. The normalized spacial score (nSPS) is 20.7. The maximum atomic E-state index is 6.07. The van der Waals surface area contributed by atoms with E-state index in [1.54, 1.807) is 0 Å². The summed E-state index contributed by atoms with van der Waals surface area (Å²) in [5, 5.41) is 0. The predicted octanol–water partition coefficient (Wildman–Crippen LogP) is 2.02. The number of rotatable bonds is 3. The molecule has 1 unspecified atom stereocenters. The third-order valence-electron chi connectivity index (χ3n) is 4.24. The van der Waals surface area contributed by atoms with Crippen molar-refractivity contribution in [3.63, 3.8) is 0 Å². The van der Waals surface area contributed by atoms with Crippen molar-refractivity contribution in [2.75, 3.05) is 37.3 Å². The van der Waals surface area contributed by atoms with Crippen molar-refractivity contribution in [2.45, 2.75) is 46.1 Å². The molecule has 1 saturated heterocycles. The quantitative estimate of drug-likeness (QED) is 0.916. The molecular formula is C15H27N5. The van der Waals surface area contributed by atoms with E-state index in [0.717, 1.165) is 43.3 Å². The van der Waals surface area contributed by atoms with E-state index in [-0.39, 0.29) is 0 Å². The van der Waals surface area contributed by atoms with Gasteiger partial charge >= 0.3 is 0 Å². The Morgan fingerprint density at radius 2 is 2.00 bits per heavy atom. The Balaban J connectivity index is 2.32. The minimum atomic E-state index is 0.297. The summed E-state index contributed by atoms with van der Waals surface area (Å²) < 4.78 is 0. The van der Waals surface area contributed by atoms with Gasteiger partial charge < -0.3 is 10.6 Å².